The normalized spacial score (nSPS) is 10.8. The van der Waals surface area contributed by atoms with Crippen LogP contribution in [0.5, 0.6) is 0 Å². The van der Waals surface area contributed by atoms with E-state index < -0.39 is 0 Å². The Morgan fingerprint density at radius 3 is 1.92 bits per heavy atom. The van der Waals surface area contributed by atoms with Crippen molar-refractivity contribution in [3.8, 4) is 0 Å². The monoisotopic (exact) mass is 317 g/mol. The molecule has 3 nitrogen and oxygen atoms in total. The number of aryl methyl sites for hydroxylation is 1. The van der Waals surface area contributed by atoms with Gasteiger partial charge in [-0.15, -0.1) is 0 Å². The predicted molar refractivity (Wildman–Crippen MR) is 95.4 cm³/mol. The van der Waals surface area contributed by atoms with Gasteiger partial charge in [0.15, 0.2) is 5.78 Å². The lowest BCUT2D eigenvalue weighted by Crippen LogP contribution is -2.17. The summed E-state index contributed by atoms with van der Waals surface area (Å²) in [6.07, 6.45) is 1.98. The summed E-state index contributed by atoms with van der Waals surface area (Å²) in [6.45, 7) is 0. The molecule has 3 rings (SSSR count). The number of aromatic nitrogens is 1. The predicted octanol–water partition coefficient (Wildman–Crippen LogP) is 3.79. The molecule has 0 atom stereocenters. The number of carbonyl (C=O) groups excluding carboxylic acids is 1. The van der Waals surface area contributed by atoms with Crippen molar-refractivity contribution in [2.24, 2.45) is 7.05 Å². The number of ketones is 1. The highest BCUT2D eigenvalue weighted by Crippen LogP contribution is 2.29. The molecule has 3 aromatic rings. The Bertz CT molecular complexity index is 843. The van der Waals surface area contributed by atoms with Crippen molar-refractivity contribution in [2.75, 3.05) is 0 Å². The highest BCUT2D eigenvalue weighted by Gasteiger charge is 2.19. The summed E-state index contributed by atoms with van der Waals surface area (Å²) in [6, 6.07) is 23.1. The number of benzene rings is 2. The van der Waals surface area contributed by atoms with Crippen molar-refractivity contribution in [3.63, 3.8) is 0 Å². The lowest BCUT2D eigenvalue weighted by molar-refractivity contribution is 0.0977. The van der Waals surface area contributed by atoms with E-state index >= 15 is 0 Å². The molecule has 0 spiro atoms. The van der Waals surface area contributed by atoms with Gasteiger partial charge in [0.05, 0.1) is 0 Å². The van der Waals surface area contributed by atoms with Crippen LogP contribution in [0.1, 0.15) is 33.8 Å². The molecule has 120 valence electrons. The molecule has 2 aromatic carbocycles. The number of pyridine rings is 1. The van der Waals surface area contributed by atoms with Crippen LogP contribution in [0.4, 0.5) is 0 Å². The Labute approximate surface area is 141 Å². The molecule has 3 heteroatoms. The van der Waals surface area contributed by atoms with E-state index in [1.165, 1.54) is 10.6 Å². The average Bonchev–Trinajstić information content (AvgIpc) is 2.63. The van der Waals surface area contributed by atoms with Crippen molar-refractivity contribution in [2.45, 2.75) is 12.3 Å². The Kier molecular flexibility index (Phi) is 4.71. The largest absolute Gasteiger partial charge is 0.318 e. The van der Waals surface area contributed by atoms with Crippen molar-refractivity contribution in [1.82, 2.24) is 4.57 Å². The zero-order valence-electron chi connectivity index (χ0n) is 13.6. The van der Waals surface area contributed by atoms with Crippen LogP contribution < -0.4 is 5.56 Å². The molecule has 24 heavy (non-hydrogen) atoms. The lowest BCUT2D eigenvalue weighted by atomic mass is 9.86. The minimum absolute atomic E-state index is 0.00265. The smallest absolute Gasteiger partial charge is 0.250 e. The zero-order valence-corrected chi connectivity index (χ0v) is 13.6. The molecule has 1 aromatic heterocycles. The molecule has 0 aliphatic heterocycles. The van der Waals surface area contributed by atoms with Crippen LogP contribution in [0.3, 0.4) is 0 Å². The van der Waals surface area contributed by atoms with Gasteiger partial charge >= 0.3 is 0 Å². The first kappa shape index (κ1) is 15.9. The van der Waals surface area contributed by atoms with E-state index in [4.69, 9.17) is 0 Å². The second kappa shape index (κ2) is 7.09. The fourth-order valence-corrected chi connectivity index (χ4v) is 2.86. The van der Waals surface area contributed by atoms with Crippen molar-refractivity contribution in [1.29, 1.82) is 0 Å². The van der Waals surface area contributed by atoms with Gasteiger partial charge in [-0.05, 0) is 17.2 Å². The summed E-state index contributed by atoms with van der Waals surface area (Å²) in [7, 11) is 1.66. The first-order chi connectivity index (χ1) is 11.6. The van der Waals surface area contributed by atoms with Crippen LogP contribution in [-0.4, -0.2) is 10.4 Å². The number of nitrogens with zero attached hydrogens (tertiary/aromatic N) is 1. The quantitative estimate of drug-likeness (QED) is 0.672. The number of hydrogen-bond donors (Lipinski definition) is 0. The summed E-state index contributed by atoms with van der Waals surface area (Å²) in [5.74, 6) is 0.0282. The highest BCUT2D eigenvalue weighted by atomic mass is 16.1. The topological polar surface area (TPSA) is 39.1 Å². The average molecular weight is 317 g/mol. The van der Waals surface area contributed by atoms with Crippen LogP contribution in [0, 0.1) is 0 Å². The van der Waals surface area contributed by atoms with Gasteiger partial charge < -0.3 is 4.57 Å². The molecule has 0 aliphatic rings. The fourth-order valence-electron chi connectivity index (χ4n) is 2.86. The van der Waals surface area contributed by atoms with Crippen molar-refractivity contribution in [3.05, 3.63) is 106 Å². The molecule has 0 saturated carbocycles. The van der Waals surface area contributed by atoms with Crippen LogP contribution in [0.25, 0.3) is 0 Å². The van der Waals surface area contributed by atoms with E-state index in [9.17, 15) is 9.59 Å². The first-order valence-electron chi connectivity index (χ1n) is 7.95. The molecule has 0 bridgehead atoms. The molecular formula is C21H19NO2. The molecule has 0 fully saturated rings. The summed E-state index contributed by atoms with van der Waals surface area (Å²) < 4.78 is 1.44. The highest BCUT2D eigenvalue weighted by molar-refractivity contribution is 5.96. The summed E-state index contributed by atoms with van der Waals surface area (Å²) in [5, 5.41) is 0. The number of hydrogen-bond acceptors (Lipinski definition) is 2. The van der Waals surface area contributed by atoms with Gasteiger partial charge in [-0.3, -0.25) is 9.59 Å². The van der Waals surface area contributed by atoms with E-state index in [1.54, 1.807) is 19.3 Å². The minimum Gasteiger partial charge on any atom is -0.318 e. The third-order valence-electron chi connectivity index (χ3n) is 4.20. The zero-order chi connectivity index (χ0) is 16.9. The van der Waals surface area contributed by atoms with Crippen LogP contribution in [0.2, 0.25) is 0 Å². The third kappa shape index (κ3) is 3.51. The Morgan fingerprint density at radius 1 is 0.875 bits per heavy atom. The molecule has 1 heterocycles. The van der Waals surface area contributed by atoms with Gasteiger partial charge in [0.1, 0.15) is 0 Å². The van der Waals surface area contributed by atoms with E-state index in [0.29, 0.717) is 12.0 Å². The second-order valence-corrected chi connectivity index (χ2v) is 5.87. The minimum atomic E-state index is -0.116. The summed E-state index contributed by atoms with van der Waals surface area (Å²) in [5.41, 5.74) is 2.67. The van der Waals surface area contributed by atoms with Gasteiger partial charge in [-0.25, -0.2) is 0 Å². The molecular weight excluding hydrogens is 298 g/mol. The fraction of sp³-hybridized carbons (Fsp3) is 0.143. The molecule has 0 radical (unpaired) electrons. The molecule has 0 aliphatic carbocycles. The van der Waals surface area contributed by atoms with Crippen molar-refractivity contribution < 1.29 is 4.79 Å². The maximum absolute atomic E-state index is 12.7. The van der Waals surface area contributed by atoms with E-state index in [-0.39, 0.29) is 17.3 Å². The number of rotatable bonds is 5. The van der Waals surface area contributed by atoms with E-state index in [1.807, 2.05) is 60.7 Å². The molecule has 0 N–H and O–H groups in total. The van der Waals surface area contributed by atoms with Crippen LogP contribution in [0.15, 0.2) is 83.8 Å². The van der Waals surface area contributed by atoms with Gasteiger partial charge in [0, 0.05) is 37.2 Å². The summed E-state index contributed by atoms with van der Waals surface area (Å²) in [4.78, 5) is 24.3. The van der Waals surface area contributed by atoms with Gasteiger partial charge in [-0.2, -0.15) is 0 Å². The Hall–Kier alpha value is -2.94. The first-order valence-corrected chi connectivity index (χ1v) is 7.95. The van der Waals surface area contributed by atoms with Gasteiger partial charge in [0.2, 0.25) is 5.56 Å². The standard InChI is InChI=1S/C21H19NO2/c1-22-15-18(12-13-21(22)24)20(23)14-19(16-8-4-2-5-9-16)17-10-6-3-7-11-17/h2-13,15,19H,14H2,1H3. The maximum Gasteiger partial charge on any atom is 0.250 e. The van der Waals surface area contributed by atoms with Crippen LogP contribution in [-0.2, 0) is 7.05 Å². The maximum atomic E-state index is 12.7. The van der Waals surface area contributed by atoms with E-state index in [2.05, 4.69) is 0 Å². The Morgan fingerprint density at radius 2 is 1.42 bits per heavy atom. The number of carbonyl (C=O) groups is 1. The van der Waals surface area contributed by atoms with Crippen molar-refractivity contribution >= 4 is 5.78 Å². The Balaban J connectivity index is 1.93. The van der Waals surface area contributed by atoms with Crippen LogP contribution >= 0.6 is 0 Å². The molecule has 0 unspecified atom stereocenters. The molecule has 0 saturated heterocycles. The van der Waals surface area contributed by atoms with Gasteiger partial charge in [0.25, 0.3) is 0 Å². The second-order valence-electron chi connectivity index (χ2n) is 5.87. The summed E-state index contributed by atoms with van der Waals surface area (Å²) >= 11 is 0. The lowest BCUT2D eigenvalue weighted by Gasteiger charge is -2.17. The SMILES string of the molecule is Cn1cc(C(=O)CC(c2ccccc2)c2ccccc2)ccc1=O. The third-order valence-corrected chi connectivity index (χ3v) is 4.20. The number of Topliss-reactive ketones (excluding diaryl/α,β-unsaturated/α-hetero) is 1. The van der Waals surface area contributed by atoms with E-state index in [0.717, 1.165) is 11.1 Å². The van der Waals surface area contributed by atoms with Gasteiger partial charge in [-0.1, -0.05) is 60.7 Å². The molecule has 0 amide bonds.